The van der Waals surface area contributed by atoms with Gasteiger partial charge in [0.25, 0.3) is 0 Å². The second-order valence-electron chi connectivity index (χ2n) is 1.44. The molecule has 0 saturated carbocycles. The maximum Gasteiger partial charge on any atom is 0.323 e. The van der Waals surface area contributed by atoms with E-state index in [1.165, 1.54) is 0 Å². The number of halogens is 2. The number of rotatable bonds is 3. The molecule has 2 atom stereocenters. The number of aliphatic carboxylic acids is 1. The van der Waals surface area contributed by atoms with Gasteiger partial charge in [-0.05, 0) is 0 Å². The lowest BCUT2D eigenvalue weighted by Crippen LogP contribution is -2.27. The van der Waals surface area contributed by atoms with E-state index in [1.807, 2.05) is 0 Å². The Morgan fingerprint density at radius 1 is 1.56 bits per heavy atom. The molecule has 0 spiro atoms. The summed E-state index contributed by atoms with van der Waals surface area (Å²) >= 11 is 10.4. The SMILES string of the molecule is O=C(O)[C@@H](Cl)[C@@H](Cl)CO. The molecular formula is C4H6Cl2O3. The van der Waals surface area contributed by atoms with Crippen molar-refractivity contribution in [1.29, 1.82) is 0 Å². The zero-order valence-electron chi connectivity index (χ0n) is 4.42. The van der Waals surface area contributed by atoms with Crippen molar-refractivity contribution >= 4 is 29.2 Å². The quantitative estimate of drug-likeness (QED) is 0.602. The van der Waals surface area contributed by atoms with Crippen molar-refractivity contribution in [2.75, 3.05) is 6.61 Å². The van der Waals surface area contributed by atoms with Crippen LogP contribution in [0, 0.1) is 0 Å². The van der Waals surface area contributed by atoms with Crippen molar-refractivity contribution in [3.8, 4) is 0 Å². The lowest BCUT2D eigenvalue weighted by Gasteiger charge is -2.06. The first-order valence-corrected chi connectivity index (χ1v) is 3.08. The number of hydrogen-bond acceptors (Lipinski definition) is 2. The Kier molecular flexibility index (Phi) is 3.93. The van der Waals surface area contributed by atoms with Crippen LogP contribution in [0.25, 0.3) is 0 Å². The second-order valence-corrected chi connectivity index (χ2v) is 2.47. The van der Waals surface area contributed by atoms with Crippen LogP contribution in [0.3, 0.4) is 0 Å². The van der Waals surface area contributed by atoms with E-state index in [0.29, 0.717) is 0 Å². The highest BCUT2D eigenvalue weighted by Crippen LogP contribution is 2.08. The van der Waals surface area contributed by atoms with Gasteiger partial charge >= 0.3 is 5.97 Å². The zero-order chi connectivity index (χ0) is 7.44. The highest BCUT2D eigenvalue weighted by molar-refractivity contribution is 6.36. The van der Waals surface area contributed by atoms with Crippen LogP contribution in [0.1, 0.15) is 0 Å². The van der Waals surface area contributed by atoms with Crippen LogP contribution in [0.5, 0.6) is 0 Å². The average Bonchev–Trinajstić information content (AvgIpc) is 1.84. The summed E-state index contributed by atoms with van der Waals surface area (Å²) in [6, 6.07) is 0. The first-order valence-electron chi connectivity index (χ1n) is 2.21. The van der Waals surface area contributed by atoms with Crippen LogP contribution in [0.15, 0.2) is 0 Å². The molecule has 9 heavy (non-hydrogen) atoms. The topological polar surface area (TPSA) is 57.5 Å². The van der Waals surface area contributed by atoms with E-state index in [2.05, 4.69) is 0 Å². The summed E-state index contributed by atoms with van der Waals surface area (Å²) < 4.78 is 0. The number of hydrogen-bond donors (Lipinski definition) is 2. The highest BCUT2D eigenvalue weighted by Gasteiger charge is 2.22. The van der Waals surface area contributed by atoms with E-state index < -0.39 is 23.3 Å². The third kappa shape index (κ3) is 2.89. The smallest absolute Gasteiger partial charge is 0.323 e. The van der Waals surface area contributed by atoms with Crippen molar-refractivity contribution in [3.05, 3.63) is 0 Å². The molecule has 0 aromatic heterocycles. The summed E-state index contributed by atoms with van der Waals surface area (Å²) in [5, 5.41) is 14.3. The summed E-state index contributed by atoms with van der Waals surface area (Å²) in [5.41, 5.74) is 0. The van der Waals surface area contributed by atoms with E-state index in [4.69, 9.17) is 33.4 Å². The zero-order valence-corrected chi connectivity index (χ0v) is 5.93. The number of carbonyl (C=O) groups is 1. The van der Waals surface area contributed by atoms with Crippen LogP contribution >= 0.6 is 23.2 Å². The summed E-state index contributed by atoms with van der Waals surface area (Å²) in [5.74, 6) is -1.22. The van der Waals surface area contributed by atoms with E-state index in [9.17, 15) is 4.79 Å². The van der Waals surface area contributed by atoms with Gasteiger partial charge < -0.3 is 10.2 Å². The fraction of sp³-hybridized carbons (Fsp3) is 0.750. The molecule has 0 saturated heterocycles. The maximum absolute atomic E-state index is 9.97. The number of aliphatic hydroxyl groups excluding tert-OH is 1. The fourth-order valence-electron chi connectivity index (χ4n) is 0.247. The third-order valence-corrected chi connectivity index (χ3v) is 1.74. The van der Waals surface area contributed by atoms with Crippen molar-refractivity contribution in [1.82, 2.24) is 0 Å². The molecule has 0 fully saturated rings. The minimum Gasteiger partial charge on any atom is -0.480 e. The van der Waals surface area contributed by atoms with E-state index >= 15 is 0 Å². The molecule has 0 aromatic carbocycles. The van der Waals surface area contributed by atoms with Crippen molar-refractivity contribution < 1.29 is 15.0 Å². The Hall–Kier alpha value is 0.01000. The van der Waals surface area contributed by atoms with Gasteiger partial charge in [0.2, 0.25) is 0 Å². The molecule has 0 aliphatic rings. The fourth-order valence-corrected chi connectivity index (χ4v) is 0.435. The largest absolute Gasteiger partial charge is 0.480 e. The summed E-state index contributed by atoms with van der Waals surface area (Å²) in [6.07, 6.45) is 0. The number of carboxylic acids is 1. The predicted octanol–water partition coefficient (Wildman–Crippen LogP) is 0.278. The molecule has 0 bridgehead atoms. The van der Waals surface area contributed by atoms with Gasteiger partial charge in [0, 0.05) is 0 Å². The van der Waals surface area contributed by atoms with Crippen LogP contribution in [-0.4, -0.2) is 33.5 Å². The first-order chi connectivity index (χ1) is 4.09. The molecule has 0 aliphatic carbocycles. The lowest BCUT2D eigenvalue weighted by atomic mass is 10.3. The van der Waals surface area contributed by atoms with Gasteiger partial charge in [0.15, 0.2) is 0 Å². The van der Waals surface area contributed by atoms with Gasteiger partial charge in [-0.3, -0.25) is 4.79 Å². The van der Waals surface area contributed by atoms with Gasteiger partial charge in [-0.2, -0.15) is 0 Å². The monoisotopic (exact) mass is 172 g/mol. The first kappa shape index (κ1) is 9.01. The number of aliphatic hydroxyl groups is 1. The van der Waals surface area contributed by atoms with E-state index in [1.54, 1.807) is 0 Å². The van der Waals surface area contributed by atoms with Crippen molar-refractivity contribution in [3.63, 3.8) is 0 Å². The van der Waals surface area contributed by atoms with E-state index in [-0.39, 0.29) is 0 Å². The molecule has 54 valence electrons. The molecule has 0 rings (SSSR count). The average molecular weight is 173 g/mol. The Bertz CT molecular complexity index is 106. The lowest BCUT2D eigenvalue weighted by molar-refractivity contribution is -0.136. The Morgan fingerprint density at radius 2 is 2.00 bits per heavy atom. The predicted molar refractivity (Wildman–Crippen MR) is 34.0 cm³/mol. The normalized spacial score (nSPS) is 16.8. The number of alkyl halides is 2. The Balaban J connectivity index is 3.72. The van der Waals surface area contributed by atoms with Gasteiger partial charge in [-0.15, -0.1) is 23.2 Å². The van der Waals surface area contributed by atoms with Gasteiger partial charge in [0.1, 0.15) is 5.38 Å². The highest BCUT2D eigenvalue weighted by atomic mass is 35.5. The van der Waals surface area contributed by atoms with Crippen LogP contribution in [0.4, 0.5) is 0 Å². The minimum atomic E-state index is -1.22. The summed E-state index contributed by atoms with van der Waals surface area (Å²) in [6.45, 7) is -0.429. The molecule has 0 unspecified atom stereocenters. The third-order valence-electron chi connectivity index (χ3n) is 0.728. The minimum absolute atomic E-state index is 0.429. The second kappa shape index (κ2) is 3.93. The Morgan fingerprint density at radius 3 is 2.11 bits per heavy atom. The molecule has 0 radical (unpaired) electrons. The number of carboxylic acid groups (broad SMARTS) is 1. The maximum atomic E-state index is 9.97. The summed E-state index contributed by atoms with van der Waals surface area (Å²) in [7, 11) is 0. The van der Waals surface area contributed by atoms with Gasteiger partial charge in [-0.1, -0.05) is 0 Å². The molecular weight excluding hydrogens is 167 g/mol. The molecule has 3 nitrogen and oxygen atoms in total. The Labute approximate surface area is 62.2 Å². The van der Waals surface area contributed by atoms with Crippen molar-refractivity contribution in [2.24, 2.45) is 0 Å². The standard InChI is InChI=1S/C4H6Cl2O3/c5-2(1-7)3(6)4(8)9/h2-3,7H,1H2,(H,8,9)/t2-,3-/m0/s1. The summed E-state index contributed by atoms with van der Waals surface area (Å²) in [4.78, 5) is 9.97. The molecule has 2 N–H and O–H groups in total. The van der Waals surface area contributed by atoms with Gasteiger partial charge in [-0.25, -0.2) is 0 Å². The molecule has 0 aromatic rings. The van der Waals surface area contributed by atoms with Gasteiger partial charge in [0.05, 0.1) is 12.0 Å². The molecule has 0 aliphatic heterocycles. The van der Waals surface area contributed by atoms with Crippen molar-refractivity contribution in [2.45, 2.75) is 10.8 Å². The van der Waals surface area contributed by atoms with Crippen LogP contribution < -0.4 is 0 Å². The molecule has 5 heteroatoms. The molecule has 0 amide bonds. The van der Waals surface area contributed by atoms with Crippen LogP contribution in [0.2, 0.25) is 0 Å². The van der Waals surface area contributed by atoms with Crippen LogP contribution in [-0.2, 0) is 4.79 Å². The van der Waals surface area contributed by atoms with E-state index in [0.717, 1.165) is 0 Å². The molecule has 0 heterocycles.